The molecule has 1 N–H and O–H groups in total. The van der Waals surface area contributed by atoms with Crippen LogP contribution in [0, 0.1) is 17.1 Å². The van der Waals surface area contributed by atoms with Gasteiger partial charge in [0.15, 0.2) is 5.15 Å². The standard InChI is InChI=1S/C28H18Cl2FN7O2/c29-19-7-9-24(38-15-26(30)35-36-38)21(11-19)23-13-27(39)37(16-33-23)25(10-17-4-2-1-3-5-17)28(40)34-20-8-6-18(14-32)22(31)12-20/h1-9,11-13,15-16,25H,10H2,(H,34,40)/t25-/m0/s1. The Bertz CT molecular complexity index is 1820. The molecule has 0 fully saturated rings. The number of nitrogens with zero attached hydrogens (tertiary/aromatic N) is 6. The van der Waals surface area contributed by atoms with Gasteiger partial charge < -0.3 is 5.32 Å². The predicted molar refractivity (Wildman–Crippen MR) is 148 cm³/mol. The van der Waals surface area contributed by atoms with Gasteiger partial charge in [-0.25, -0.2) is 14.1 Å². The molecule has 0 unspecified atom stereocenters. The summed E-state index contributed by atoms with van der Waals surface area (Å²) in [5.41, 5.74) is 1.61. The molecule has 40 heavy (non-hydrogen) atoms. The number of nitriles is 1. The Morgan fingerprint density at radius 1 is 1.07 bits per heavy atom. The van der Waals surface area contributed by atoms with Crippen LogP contribution in [0.1, 0.15) is 17.2 Å². The maximum Gasteiger partial charge on any atom is 0.254 e. The number of rotatable bonds is 7. The molecule has 0 aliphatic carbocycles. The van der Waals surface area contributed by atoms with E-state index in [0.717, 1.165) is 11.6 Å². The molecule has 5 rings (SSSR count). The van der Waals surface area contributed by atoms with Crippen LogP contribution in [-0.2, 0) is 11.2 Å². The summed E-state index contributed by atoms with van der Waals surface area (Å²) in [7, 11) is 0. The summed E-state index contributed by atoms with van der Waals surface area (Å²) < 4.78 is 16.8. The normalized spacial score (nSPS) is 11.6. The molecule has 1 amide bonds. The molecule has 9 nitrogen and oxygen atoms in total. The Morgan fingerprint density at radius 3 is 2.55 bits per heavy atom. The zero-order valence-electron chi connectivity index (χ0n) is 20.5. The molecule has 2 heterocycles. The molecule has 12 heteroatoms. The highest BCUT2D eigenvalue weighted by Gasteiger charge is 2.24. The van der Waals surface area contributed by atoms with Gasteiger partial charge >= 0.3 is 0 Å². The van der Waals surface area contributed by atoms with Crippen molar-refractivity contribution < 1.29 is 9.18 Å². The smallest absolute Gasteiger partial charge is 0.254 e. The minimum Gasteiger partial charge on any atom is -0.324 e. The lowest BCUT2D eigenvalue weighted by molar-refractivity contribution is -0.119. The topological polar surface area (TPSA) is 118 Å². The molecule has 0 spiro atoms. The highest BCUT2D eigenvalue weighted by Crippen LogP contribution is 2.28. The zero-order valence-corrected chi connectivity index (χ0v) is 22.0. The average Bonchev–Trinajstić information content (AvgIpc) is 3.38. The van der Waals surface area contributed by atoms with Gasteiger partial charge in [0.1, 0.15) is 17.9 Å². The molecule has 198 valence electrons. The number of aromatic nitrogens is 5. The summed E-state index contributed by atoms with van der Waals surface area (Å²) in [6.07, 6.45) is 2.94. The molecule has 0 saturated heterocycles. The van der Waals surface area contributed by atoms with E-state index in [9.17, 15) is 14.0 Å². The van der Waals surface area contributed by atoms with Crippen molar-refractivity contribution in [3.8, 4) is 23.0 Å². The van der Waals surface area contributed by atoms with Gasteiger partial charge in [-0.2, -0.15) is 5.26 Å². The average molecular weight is 574 g/mol. The van der Waals surface area contributed by atoms with Crippen LogP contribution >= 0.6 is 23.2 Å². The van der Waals surface area contributed by atoms with Gasteiger partial charge in [-0.1, -0.05) is 58.7 Å². The maximum absolute atomic E-state index is 14.2. The lowest BCUT2D eigenvalue weighted by Crippen LogP contribution is -2.34. The summed E-state index contributed by atoms with van der Waals surface area (Å²) in [4.78, 5) is 31.3. The van der Waals surface area contributed by atoms with Crippen LogP contribution in [0.4, 0.5) is 10.1 Å². The van der Waals surface area contributed by atoms with Gasteiger partial charge in [0.05, 0.1) is 29.5 Å². The van der Waals surface area contributed by atoms with E-state index < -0.39 is 23.3 Å². The zero-order chi connectivity index (χ0) is 28.2. The second kappa shape index (κ2) is 11.5. The molecule has 5 aromatic rings. The highest BCUT2D eigenvalue weighted by atomic mass is 35.5. The number of anilines is 1. The third kappa shape index (κ3) is 5.76. The molecule has 0 bridgehead atoms. The minimum absolute atomic E-state index is 0.146. The van der Waals surface area contributed by atoms with Gasteiger partial charge in [-0.3, -0.25) is 14.2 Å². The van der Waals surface area contributed by atoms with Crippen molar-refractivity contribution in [1.29, 1.82) is 5.26 Å². The predicted octanol–water partition coefficient (Wildman–Crippen LogP) is 5.23. The molecular weight excluding hydrogens is 556 g/mol. The Labute approximate surface area is 237 Å². The fourth-order valence-corrected chi connectivity index (χ4v) is 4.43. The molecule has 0 aliphatic heterocycles. The van der Waals surface area contributed by atoms with Gasteiger partial charge in [-0.05, 0) is 42.0 Å². The molecule has 2 aromatic heterocycles. The first kappa shape index (κ1) is 26.7. The van der Waals surface area contributed by atoms with Gasteiger partial charge in [0.25, 0.3) is 5.56 Å². The number of amides is 1. The lowest BCUT2D eigenvalue weighted by atomic mass is 10.0. The summed E-state index contributed by atoms with van der Waals surface area (Å²) in [6.45, 7) is 0. The SMILES string of the molecule is N#Cc1ccc(NC(=O)[C@H](Cc2ccccc2)n2cnc(-c3cc(Cl)ccc3-n3cc(Cl)nn3)cc2=O)cc1F. The second-order valence-electron chi connectivity index (χ2n) is 8.67. The van der Waals surface area contributed by atoms with E-state index in [1.54, 1.807) is 24.3 Å². The molecule has 0 saturated carbocycles. The fraction of sp³-hybridized carbons (Fsp3) is 0.0714. The Kier molecular flexibility index (Phi) is 7.68. The van der Waals surface area contributed by atoms with Gasteiger partial charge in [-0.15, -0.1) is 5.10 Å². The van der Waals surface area contributed by atoms with Crippen LogP contribution in [0.25, 0.3) is 16.9 Å². The number of carbonyl (C=O) groups is 1. The maximum atomic E-state index is 14.2. The van der Waals surface area contributed by atoms with Crippen molar-refractivity contribution >= 4 is 34.8 Å². The lowest BCUT2D eigenvalue weighted by Gasteiger charge is -2.20. The van der Waals surface area contributed by atoms with Crippen LogP contribution in [0.5, 0.6) is 0 Å². The third-order valence-corrected chi connectivity index (χ3v) is 6.46. The molecular formula is C28H18Cl2FN7O2. The van der Waals surface area contributed by atoms with E-state index >= 15 is 0 Å². The van der Waals surface area contributed by atoms with Crippen molar-refractivity contribution in [3.63, 3.8) is 0 Å². The quantitative estimate of drug-likeness (QED) is 0.284. The van der Waals surface area contributed by atoms with Crippen molar-refractivity contribution in [3.05, 3.63) is 123 Å². The Hall–Kier alpha value is -4.85. The first-order valence-electron chi connectivity index (χ1n) is 11.8. The van der Waals surface area contributed by atoms with Crippen molar-refractivity contribution in [2.24, 2.45) is 0 Å². The van der Waals surface area contributed by atoms with E-state index in [1.165, 1.54) is 40.0 Å². The molecule has 1 atom stereocenters. The van der Waals surface area contributed by atoms with E-state index in [2.05, 4.69) is 20.6 Å². The van der Waals surface area contributed by atoms with E-state index in [1.807, 2.05) is 30.3 Å². The fourth-order valence-electron chi connectivity index (χ4n) is 4.13. The first-order valence-corrected chi connectivity index (χ1v) is 12.6. The summed E-state index contributed by atoms with van der Waals surface area (Å²) in [5, 5.41) is 20.0. The Morgan fingerprint density at radius 2 is 1.88 bits per heavy atom. The van der Waals surface area contributed by atoms with E-state index in [0.29, 0.717) is 22.0 Å². The monoisotopic (exact) mass is 573 g/mol. The first-order chi connectivity index (χ1) is 19.3. The third-order valence-electron chi connectivity index (χ3n) is 6.05. The van der Waals surface area contributed by atoms with Gasteiger partial charge in [0, 0.05) is 28.8 Å². The van der Waals surface area contributed by atoms with Crippen LogP contribution in [0.15, 0.2) is 90.1 Å². The minimum atomic E-state index is -1.02. The number of nitrogens with one attached hydrogen (secondary N) is 1. The molecule has 3 aromatic carbocycles. The number of benzene rings is 3. The van der Waals surface area contributed by atoms with Crippen LogP contribution in [0.3, 0.4) is 0 Å². The van der Waals surface area contributed by atoms with E-state index in [4.69, 9.17) is 28.5 Å². The number of hydrogen-bond acceptors (Lipinski definition) is 6. The molecule has 0 aliphatic rings. The number of hydrogen-bond donors (Lipinski definition) is 1. The van der Waals surface area contributed by atoms with Gasteiger partial charge in [0.2, 0.25) is 5.91 Å². The number of halogens is 3. The Balaban J connectivity index is 1.53. The largest absolute Gasteiger partial charge is 0.324 e. The highest BCUT2D eigenvalue weighted by molar-refractivity contribution is 6.31. The van der Waals surface area contributed by atoms with Crippen molar-refractivity contribution in [2.75, 3.05) is 5.32 Å². The number of carbonyl (C=O) groups excluding carboxylic acids is 1. The molecule has 0 radical (unpaired) electrons. The van der Waals surface area contributed by atoms with Crippen molar-refractivity contribution in [2.45, 2.75) is 12.5 Å². The van der Waals surface area contributed by atoms with Crippen LogP contribution in [-0.4, -0.2) is 30.5 Å². The summed E-state index contributed by atoms with van der Waals surface area (Å²) >= 11 is 12.2. The van der Waals surface area contributed by atoms with Crippen molar-refractivity contribution in [1.82, 2.24) is 24.5 Å². The van der Waals surface area contributed by atoms with Crippen LogP contribution < -0.4 is 10.9 Å². The van der Waals surface area contributed by atoms with Crippen LogP contribution in [0.2, 0.25) is 10.2 Å². The summed E-state index contributed by atoms with van der Waals surface area (Å²) in [6, 6.07) is 19.9. The second-order valence-corrected chi connectivity index (χ2v) is 9.49. The van der Waals surface area contributed by atoms with E-state index in [-0.39, 0.29) is 22.8 Å². The summed E-state index contributed by atoms with van der Waals surface area (Å²) in [5.74, 6) is -1.33.